The van der Waals surface area contributed by atoms with Gasteiger partial charge < -0.3 is 20.9 Å². The molecule has 2 heterocycles. The SMILES string of the molecule is CCC[C@H](NC(=O)[C@@H]1C[C@@]2(CN1C(=O)[C@@H](CC(=O)[C@@H](NC(=O)[C@@H]1CCN1C(C)C)C(C)(C)C)C(C)(C)C)C(C)(C)C21CCC1)C(=O)C(=O)NC1CC1. The van der Waals surface area contributed by atoms with Crippen molar-refractivity contribution in [1.82, 2.24) is 25.8 Å². The first-order valence-electron chi connectivity index (χ1n) is 20.1. The first kappa shape index (κ1) is 40.4. The molecule has 3 saturated carbocycles. The van der Waals surface area contributed by atoms with Gasteiger partial charge in [-0.2, -0.15) is 0 Å². The third-order valence-electron chi connectivity index (χ3n) is 14.0. The van der Waals surface area contributed by atoms with Crippen LogP contribution in [0.15, 0.2) is 0 Å². The number of carbonyl (C=O) groups excluding carboxylic acids is 6. The number of fused-ring (bicyclic) bond motifs is 1. The van der Waals surface area contributed by atoms with E-state index in [4.69, 9.17) is 0 Å². The molecule has 2 spiro atoms. The summed E-state index contributed by atoms with van der Waals surface area (Å²) in [5, 5.41) is 8.76. The number of nitrogens with one attached hydrogen (secondary N) is 3. The van der Waals surface area contributed by atoms with Crippen LogP contribution in [0, 0.1) is 33.0 Å². The van der Waals surface area contributed by atoms with Crippen LogP contribution >= 0.6 is 0 Å². The number of hydrogen-bond acceptors (Lipinski definition) is 7. The van der Waals surface area contributed by atoms with Gasteiger partial charge in [0.05, 0.1) is 18.1 Å². The third-order valence-corrected chi connectivity index (χ3v) is 14.0. The van der Waals surface area contributed by atoms with E-state index in [1.807, 2.05) is 48.5 Å². The molecule has 4 amide bonds. The molecule has 6 atom stereocenters. The third kappa shape index (κ3) is 7.08. The molecule has 52 heavy (non-hydrogen) atoms. The lowest BCUT2D eigenvalue weighted by atomic mass is 9.73. The molecule has 2 saturated heterocycles. The van der Waals surface area contributed by atoms with Crippen LogP contribution in [0.5, 0.6) is 0 Å². The molecule has 2 aliphatic heterocycles. The second-order valence-electron chi connectivity index (χ2n) is 19.8. The normalized spacial score (nSPS) is 28.0. The van der Waals surface area contributed by atoms with E-state index in [1.54, 1.807) is 4.90 Å². The van der Waals surface area contributed by atoms with Gasteiger partial charge in [0.15, 0.2) is 5.78 Å². The summed E-state index contributed by atoms with van der Waals surface area (Å²) in [7, 11) is 0. The number of hydrogen-bond donors (Lipinski definition) is 3. The number of likely N-dealkylation sites (tertiary alicyclic amines) is 2. The van der Waals surface area contributed by atoms with E-state index in [0.717, 1.165) is 45.1 Å². The summed E-state index contributed by atoms with van der Waals surface area (Å²) >= 11 is 0. The molecule has 0 bridgehead atoms. The van der Waals surface area contributed by atoms with Gasteiger partial charge in [0, 0.05) is 42.9 Å². The molecule has 0 aromatic heterocycles. The summed E-state index contributed by atoms with van der Waals surface area (Å²) in [5.74, 6) is -3.09. The van der Waals surface area contributed by atoms with Crippen LogP contribution in [0.25, 0.3) is 0 Å². The molecule has 3 aliphatic carbocycles. The highest BCUT2D eigenvalue weighted by atomic mass is 16.2. The van der Waals surface area contributed by atoms with Gasteiger partial charge in [0.2, 0.25) is 23.5 Å². The Bertz CT molecular complexity index is 1450. The van der Waals surface area contributed by atoms with Crippen molar-refractivity contribution in [3.8, 4) is 0 Å². The summed E-state index contributed by atoms with van der Waals surface area (Å²) in [6, 6.07) is -2.64. The van der Waals surface area contributed by atoms with E-state index in [1.165, 1.54) is 0 Å². The Kier molecular flexibility index (Phi) is 11.0. The second-order valence-corrected chi connectivity index (χ2v) is 19.8. The lowest BCUT2D eigenvalue weighted by molar-refractivity contribution is -0.148. The Morgan fingerprint density at radius 1 is 0.827 bits per heavy atom. The molecule has 11 nitrogen and oxygen atoms in total. The molecule has 5 fully saturated rings. The van der Waals surface area contributed by atoms with Gasteiger partial charge in [-0.3, -0.25) is 33.7 Å². The fourth-order valence-corrected chi connectivity index (χ4v) is 10.1. The van der Waals surface area contributed by atoms with Crippen LogP contribution in [0.4, 0.5) is 0 Å². The van der Waals surface area contributed by atoms with Crippen LogP contribution < -0.4 is 16.0 Å². The maximum Gasteiger partial charge on any atom is 0.289 e. The van der Waals surface area contributed by atoms with Gasteiger partial charge in [-0.15, -0.1) is 0 Å². The van der Waals surface area contributed by atoms with Crippen LogP contribution in [0.1, 0.15) is 140 Å². The minimum atomic E-state index is -0.979. The molecule has 0 aromatic rings. The second kappa shape index (κ2) is 14.1. The average molecular weight is 726 g/mol. The van der Waals surface area contributed by atoms with Gasteiger partial charge >= 0.3 is 0 Å². The zero-order valence-electron chi connectivity index (χ0n) is 33.9. The van der Waals surface area contributed by atoms with Crippen LogP contribution in [-0.2, 0) is 28.8 Å². The van der Waals surface area contributed by atoms with Gasteiger partial charge in [-0.05, 0) is 80.5 Å². The van der Waals surface area contributed by atoms with E-state index in [9.17, 15) is 24.0 Å². The predicted molar refractivity (Wildman–Crippen MR) is 200 cm³/mol. The summed E-state index contributed by atoms with van der Waals surface area (Å²) in [6.45, 7) is 23.4. The topological polar surface area (TPSA) is 145 Å². The molecular formula is C41H67N5O6. The largest absolute Gasteiger partial charge is 0.347 e. The minimum Gasteiger partial charge on any atom is -0.347 e. The van der Waals surface area contributed by atoms with E-state index in [0.29, 0.717) is 25.8 Å². The van der Waals surface area contributed by atoms with Crippen molar-refractivity contribution in [2.75, 3.05) is 13.1 Å². The van der Waals surface area contributed by atoms with Crippen LogP contribution in [-0.4, -0.2) is 94.3 Å². The van der Waals surface area contributed by atoms with Gasteiger partial charge in [0.25, 0.3) is 5.91 Å². The van der Waals surface area contributed by atoms with E-state index >= 15 is 4.79 Å². The summed E-state index contributed by atoms with van der Waals surface area (Å²) in [4.78, 5) is 87.1. The summed E-state index contributed by atoms with van der Waals surface area (Å²) in [6.07, 6.45) is 6.98. The van der Waals surface area contributed by atoms with E-state index < -0.39 is 52.5 Å². The first-order chi connectivity index (χ1) is 24.0. The smallest absolute Gasteiger partial charge is 0.289 e. The zero-order chi connectivity index (χ0) is 38.8. The Labute approximate surface area is 311 Å². The number of rotatable bonds is 14. The fourth-order valence-electron chi connectivity index (χ4n) is 10.1. The molecule has 292 valence electrons. The summed E-state index contributed by atoms with van der Waals surface area (Å²) in [5.41, 5.74) is -1.49. The maximum atomic E-state index is 15.0. The Hall–Kier alpha value is -2.82. The van der Waals surface area contributed by atoms with Gasteiger partial charge in [-0.25, -0.2) is 0 Å². The molecule has 0 aromatic carbocycles. The number of Topliss-reactive ketones (excluding diaryl/α,β-unsaturated/α-hetero) is 2. The number of ketones is 2. The van der Waals surface area contributed by atoms with Crippen LogP contribution in [0.2, 0.25) is 0 Å². The number of amides is 4. The molecule has 0 radical (unpaired) electrons. The Balaban J connectivity index is 1.40. The van der Waals surface area contributed by atoms with Crippen molar-refractivity contribution in [3.05, 3.63) is 0 Å². The van der Waals surface area contributed by atoms with Crippen molar-refractivity contribution >= 4 is 35.2 Å². The van der Waals surface area contributed by atoms with Crippen molar-refractivity contribution < 1.29 is 28.8 Å². The van der Waals surface area contributed by atoms with Gasteiger partial charge in [-0.1, -0.05) is 75.2 Å². The number of carbonyl (C=O) groups is 6. The predicted octanol–water partition coefficient (Wildman–Crippen LogP) is 4.55. The highest BCUT2D eigenvalue weighted by Gasteiger charge is 2.85. The molecule has 0 unspecified atom stereocenters. The van der Waals surface area contributed by atoms with Crippen molar-refractivity contribution in [1.29, 1.82) is 0 Å². The Morgan fingerprint density at radius 2 is 1.44 bits per heavy atom. The maximum absolute atomic E-state index is 15.0. The van der Waals surface area contributed by atoms with Crippen molar-refractivity contribution in [2.45, 2.75) is 177 Å². The summed E-state index contributed by atoms with van der Waals surface area (Å²) < 4.78 is 0. The standard InChI is InChI=1S/C41H67N5O6/c1-12-14-27(31(48)35(51)42-25-15-16-25)43-34(50)29-22-41(39(10,11)40(41)18-13-19-40)23-46(29)36(52)26(37(4,5)6)21-30(47)32(38(7,8)9)44-33(49)28-17-20-45(28)24(2)3/h24-29,32H,12-23H2,1-11H3,(H,42,51)(H,43,50)(H,44,49)/t26-,27+,28+,29+,32-,41-/m1/s1. The quantitative estimate of drug-likeness (QED) is 0.223. The van der Waals surface area contributed by atoms with Crippen molar-refractivity contribution in [3.63, 3.8) is 0 Å². The molecule has 11 heteroatoms. The van der Waals surface area contributed by atoms with Crippen molar-refractivity contribution in [2.24, 2.45) is 33.0 Å². The molecule has 3 N–H and O–H groups in total. The zero-order valence-corrected chi connectivity index (χ0v) is 33.9. The first-order valence-corrected chi connectivity index (χ1v) is 20.1. The highest BCUT2D eigenvalue weighted by molar-refractivity contribution is 6.38. The Morgan fingerprint density at radius 3 is 1.88 bits per heavy atom. The molecule has 5 aliphatic rings. The lowest BCUT2D eigenvalue weighted by Gasteiger charge is -2.44. The number of nitrogens with zero attached hydrogens (tertiary/aromatic N) is 2. The van der Waals surface area contributed by atoms with Gasteiger partial charge in [0.1, 0.15) is 6.04 Å². The van der Waals surface area contributed by atoms with E-state index in [2.05, 4.69) is 48.5 Å². The van der Waals surface area contributed by atoms with Crippen LogP contribution in [0.3, 0.4) is 0 Å². The molecular weight excluding hydrogens is 658 g/mol. The molecule has 5 rings (SSSR count). The highest BCUT2D eigenvalue weighted by Crippen LogP contribution is 2.88. The minimum absolute atomic E-state index is 0.0178. The fraction of sp³-hybridized carbons (Fsp3) is 0.854. The average Bonchev–Trinajstić information content (AvgIpc) is 3.80. The lowest BCUT2D eigenvalue weighted by Crippen LogP contribution is -2.62. The monoisotopic (exact) mass is 726 g/mol. The van der Waals surface area contributed by atoms with E-state index in [-0.39, 0.29) is 58.4 Å².